The number of hydrogen-bond acceptors (Lipinski definition) is 2. The number of rotatable bonds is 5. The second-order valence-electron chi connectivity index (χ2n) is 5.93. The van der Waals surface area contributed by atoms with Crippen molar-refractivity contribution >= 4 is 0 Å². The molecule has 1 fully saturated rings. The Labute approximate surface area is 121 Å². The minimum Gasteiger partial charge on any atom is -0.312 e. The zero-order valence-electron chi connectivity index (χ0n) is 12.1. The van der Waals surface area contributed by atoms with Crippen LogP contribution in [0.3, 0.4) is 0 Å². The minimum atomic E-state index is 0.860. The third-order valence-electron chi connectivity index (χ3n) is 4.43. The summed E-state index contributed by atoms with van der Waals surface area (Å²) in [5, 5.41) is 8.01. The van der Waals surface area contributed by atoms with Gasteiger partial charge in [0, 0.05) is 18.3 Å². The first-order chi connectivity index (χ1) is 9.83. The van der Waals surface area contributed by atoms with E-state index in [9.17, 15) is 0 Å². The van der Waals surface area contributed by atoms with E-state index in [-0.39, 0.29) is 0 Å². The Morgan fingerprint density at radius 2 is 2.10 bits per heavy atom. The van der Waals surface area contributed by atoms with Crippen LogP contribution in [0.2, 0.25) is 0 Å². The van der Waals surface area contributed by atoms with E-state index in [4.69, 9.17) is 0 Å². The number of nitrogens with zero attached hydrogens (tertiary/aromatic N) is 2. The second-order valence-corrected chi connectivity index (χ2v) is 5.93. The summed E-state index contributed by atoms with van der Waals surface area (Å²) in [7, 11) is 0. The van der Waals surface area contributed by atoms with E-state index in [0.29, 0.717) is 0 Å². The topological polar surface area (TPSA) is 29.9 Å². The highest BCUT2D eigenvalue weighted by Gasteiger charge is 2.22. The average Bonchev–Trinajstić information content (AvgIpc) is 3.10. The van der Waals surface area contributed by atoms with Crippen LogP contribution in [-0.4, -0.2) is 16.3 Å². The van der Waals surface area contributed by atoms with Gasteiger partial charge in [-0.2, -0.15) is 5.10 Å². The lowest BCUT2D eigenvalue weighted by molar-refractivity contribution is 0.392. The highest BCUT2D eigenvalue weighted by atomic mass is 15.3. The smallest absolute Gasteiger partial charge is 0.0645 e. The fourth-order valence-electron chi connectivity index (χ4n) is 3.10. The van der Waals surface area contributed by atoms with Gasteiger partial charge in [0.2, 0.25) is 0 Å². The Balaban J connectivity index is 1.53. The highest BCUT2D eigenvalue weighted by Crippen LogP contribution is 2.30. The quantitative estimate of drug-likeness (QED) is 0.901. The molecule has 106 valence electrons. The summed E-state index contributed by atoms with van der Waals surface area (Å²) < 4.78 is 1.94. The fourth-order valence-corrected chi connectivity index (χ4v) is 3.10. The zero-order valence-corrected chi connectivity index (χ0v) is 12.1. The van der Waals surface area contributed by atoms with Crippen LogP contribution in [0.25, 0.3) is 5.69 Å². The van der Waals surface area contributed by atoms with Crippen molar-refractivity contribution in [1.29, 1.82) is 0 Å². The van der Waals surface area contributed by atoms with Crippen molar-refractivity contribution in [3.8, 4) is 5.69 Å². The maximum absolute atomic E-state index is 4.43. The van der Waals surface area contributed by atoms with E-state index in [0.717, 1.165) is 30.6 Å². The van der Waals surface area contributed by atoms with Crippen molar-refractivity contribution < 1.29 is 0 Å². The Morgan fingerprint density at radius 1 is 1.25 bits per heavy atom. The monoisotopic (exact) mass is 269 g/mol. The standard InChI is InChI=1S/C17H23N3/c1-14-6-5-7-16(14)12-18-10-15-11-19-20(13-15)17-8-3-2-4-9-17/h2-4,8-9,11,13-14,16,18H,5-7,10,12H2,1H3. The van der Waals surface area contributed by atoms with Gasteiger partial charge in [-0.05, 0) is 36.9 Å². The number of benzene rings is 1. The lowest BCUT2D eigenvalue weighted by atomic mass is 9.98. The lowest BCUT2D eigenvalue weighted by Crippen LogP contribution is -2.23. The fraction of sp³-hybridized carbons (Fsp3) is 0.471. The molecule has 2 unspecified atom stereocenters. The first kappa shape index (κ1) is 13.4. The van der Waals surface area contributed by atoms with Crippen LogP contribution >= 0.6 is 0 Å². The van der Waals surface area contributed by atoms with Crippen LogP contribution in [0, 0.1) is 11.8 Å². The average molecular weight is 269 g/mol. The van der Waals surface area contributed by atoms with E-state index >= 15 is 0 Å². The SMILES string of the molecule is CC1CCCC1CNCc1cnn(-c2ccccc2)c1. The van der Waals surface area contributed by atoms with Crippen LogP contribution in [0.4, 0.5) is 0 Å². The molecule has 0 aliphatic heterocycles. The molecule has 1 heterocycles. The summed E-state index contributed by atoms with van der Waals surface area (Å²) in [6, 6.07) is 10.2. The molecule has 0 spiro atoms. The Bertz CT molecular complexity index is 532. The molecule has 1 aliphatic carbocycles. The molecular formula is C17H23N3. The van der Waals surface area contributed by atoms with E-state index in [1.165, 1.54) is 24.8 Å². The van der Waals surface area contributed by atoms with Gasteiger partial charge in [0.05, 0.1) is 11.9 Å². The molecule has 0 amide bonds. The van der Waals surface area contributed by atoms with Crippen molar-refractivity contribution in [1.82, 2.24) is 15.1 Å². The van der Waals surface area contributed by atoms with E-state index in [2.05, 4.69) is 35.7 Å². The summed E-state index contributed by atoms with van der Waals surface area (Å²) in [4.78, 5) is 0. The maximum atomic E-state index is 4.43. The summed E-state index contributed by atoms with van der Waals surface area (Å²) in [5.74, 6) is 1.74. The molecule has 3 heteroatoms. The van der Waals surface area contributed by atoms with Gasteiger partial charge in [0.15, 0.2) is 0 Å². The van der Waals surface area contributed by atoms with Gasteiger partial charge in [0.1, 0.15) is 0 Å². The van der Waals surface area contributed by atoms with Crippen molar-refractivity contribution in [2.24, 2.45) is 11.8 Å². The van der Waals surface area contributed by atoms with Crippen LogP contribution in [-0.2, 0) is 6.54 Å². The molecule has 3 rings (SSSR count). The van der Waals surface area contributed by atoms with Crippen molar-refractivity contribution in [2.45, 2.75) is 32.7 Å². The Kier molecular flexibility index (Phi) is 4.16. The molecule has 1 aliphatic rings. The highest BCUT2D eigenvalue weighted by molar-refractivity contribution is 5.30. The molecule has 0 bridgehead atoms. The van der Waals surface area contributed by atoms with Crippen LogP contribution < -0.4 is 5.32 Å². The molecular weight excluding hydrogens is 246 g/mol. The van der Waals surface area contributed by atoms with Gasteiger partial charge in [-0.15, -0.1) is 0 Å². The first-order valence-corrected chi connectivity index (χ1v) is 7.62. The molecule has 1 N–H and O–H groups in total. The third-order valence-corrected chi connectivity index (χ3v) is 4.43. The molecule has 2 atom stereocenters. The molecule has 1 aromatic heterocycles. The summed E-state index contributed by atoms with van der Waals surface area (Å²) in [5.41, 5.74) is 2.36. The Morgan fingerprint density at radius 3 is 2.85 bits per heavy atom. The molecule has 20 heavy (non-hydrogen) atoms. The molecule has 1 aromatic carbocycles. The van der Waals surface area contributed by atoms with Gasteiger partial charge < -0.3 is 5.32 Å². The van der Waals surface area contributed by atoms with Crippen LogP contribution in [0.1, 0.15) is 31.7 Å². The van der Waals surface area contributed by atoms with Crippen LogP contribution in [0.15, 0.2) is 42.7 Å². The first-order valence-electron chi connectivity index (χ1n) is 7.62. The van der Waals surface area contributed by atoms with Crippen molar-refractivity contribution in [3.05, 3.63) is 48.3 Å². The zero-order chi connectivity index (χ0) is 13.8. The number of hydrogen-bond donors (Lipinski definition) is 1. The molecule has 3 nitrogen and oxygen atoms in total. The molecule has 2 aromatic rings. The number of aromatic nitrogens is 2. The predicted molar refractivity (Wildman–Crippen MR) is 81.8 cm³/mol. The van der Waals surface area contributed by atoms with Gasteiger partial charge >= 0.3 is 0 Å². The van der Waals surface area contributed by atoms with Gasteiger partial charge in [-0.25, -0.2) is 4.68 Å². The van der Waals surface area contributed by atoms with Gasteiger partial charge in [-0.3, -0.25) is 0 Å². The van der Waals surface area contributed by atoms with E-state index in [1.54, 1.807) is 0 Å². The summed E-state index contributed by atoms with van der Waals surface area (Å²) >= 11 is 0. The van der Waals surface area contributed by atoms with Crippen molar-refractivity contribution in [3.63, 3.8) is 0 Å². The number of para-hydroxylation sites is 1. The second kappa shape index (κ2) is 6.23. The third kappa shape index (κ3) is 3.10. The molecule has 1 saturated carbocycles. The molecule has 0 radical (unpaired) electrons. The number of nitrogens with one attached hydrogen (secondary N) is 1. The predicted octanol–water partition coefficient (Wildman–Crippen LogP) is 3.40. The van der Waals surface area contributed by atoms with Crippen molar-refractivity contribution in [2.75, 3.05) is 6.54 Å². The minimum absolute atomic E-state index is 0.860. The van der Waals surface area contributed by atoms with Crippen LogP contribution in [0.5, 0.6) is 0 Å². The molecule has 0 saturated heterocycles. The normalized spacial score (nSPS) is 22.2. The summed E-state index contributed by atoms with van der Waals surface area (Å²) in [6.45, 7) is 4.43. The van der Waals surface area contributed by atoms with E-state index < -0.39 is 0 Å². The summed E-state index contributed by atoms with van der Waals surface area (Å²) in [6.07, 6.45) is 8.26. The maximum Gasteiger partial charge on any atom is 0.0645 e. The lowest BCUT2D eigenvalue weighted by Gasteiger charge is -2.15. The largest absolute Gasteiger partial charge is 0.312 e. The Hall–Kier alpha value is -1.61. The van der Waals surface area contributed by atoms with Gasteiger partial charge in [0.25, 0.3) is 0 Å². The van der Waals surface area contributed by atoms with Gasteiger partial charge in [-0.1, -0.05) is 38.0 Å². The van der Waals surface area contributed by atoms with E-state index in [1.807, 2.05) is 29.1 Å².